The molecule has 0 aliphatic carbocycles. The Morgan fingerprint density at radius 1 is 1.21 bits per heavy atom. The predicted octanol–water partition coefficient (Wildman–Crippen LogP) is 4.81. The summed E-state index contributed by atoms with van der Waals surface area (Å²) in [5.41, 5.74) is 1.01. The molecule has 0 heterocycles. The number of hydrogen-bond acceptors (Lipinski definition) is 1. The van der Waals surface area contributed by atoms with Gasteiger partial charge in [0.15, 0.2) is 0 Å². The van der Waals surface area contributed by atoms with Crippen LogP contribution in [0.15, 0.2) is 30.3 Å². The van der Waals surface area contributed by atoms with Crippen LogP contribution in [0.25, 0.3) is 11.1 Å². The van der Waals surface area contributed by atoms with E-state index in [0.29, 0.717) is 21.7 Å². The molecule has 0 unspecified atom stereocenters. The van der Waals surface area contributed by atoms with Crippen LogP contribution >= 0.6 is 23.2 Å². The predicted molar refractivity (Wildman–Crippen MR) is 73.6 cm³/mol. The van der Waals surface area contributed by atoms with E-state index in [1.54, 1.807) is 25.1 Å². The molecule has 0 saturated carbocycles. The van der Waals surface area contributed by atoms with Crippen LogP contribution in [0, 0.1) is 12.7 Å². The smallest absolute Gasteiger partial charge is 0.336 e. The summed E-state index contributed by atoms with van der Waals surface area (Å²) in [4.78, 5) is 11.2. The molecule has 2 aromatic carbocycles. The van der Waals surface area contributed by atoms with Crippen LogP contribution in [0.5, 0.6) is 0 Å². The maximum Gasteiger partial charge on any atom is 0.336 e. The fraction of sp³-hybridized carbons (Fsp3) is 0.0714. The third-order valence-electron chi connectivity index (χ3n) is 2.77. The molecule has 2 nitrogen and oxygen atoms in total. The molecule has 0 fully saturated rings. The van der Waals surface area contributed by atoms with E-state index < -0.39 is 11.8 Å². The van der Waals surface area contributed by atoms with Gasteiger partial charge in [0.25, 0.3) is 0 Å². The van der Waals surface area contributed by atoms with E-state index in [1.165, 1.54) is 6.07 Å². The normalized spacial score (nSPS) is 10.5. The molecule has 0 atom stereocenters. The number of aryl methyl sites for hydroxylation is 1. The fourth-order valence-electron chi connectivity index (χ4n) is 1.79. The van der Waals surface area contributed by atoms with Gasteiger partial charge >= 0.3 is 5.97 Å². The summed E-state index contributed by atoms with van der Waals surface area (Å²) in [6.45, 7) is 1.56. The number of carboxylic acid groups (broad SMARTS) is 1. The van der Waals surface area contributed by atoms with Crippen LogP contribution < -0.4 is 0 Å². The first-order valence-electron chi connectivity index (χ1n) is 5.39. The van der Waals surface area contributed by atoms with Gasteiger partial charge in [-0.15, -0.1) is 0 Å². The number of carbonyl (C=O) groups is 1. The minimum atomic E-state index is -1.22. The van der Waals surface area contributed by atoms with Gasteiger partial charge in [-0.1, -0.05) is 35.3 Å². The summed E-state index contributed by atoms with van der Waals surface area (Å²) in [5.74, 6) is -1.79. The van der Waals surface area contributed by atoms with Gasteiger partial charge < -0.3 is 5.11 Å². The van der Waals surface area contributed by atoms with Gasteiger partial charge in [0, 0.05) is 5.56 Å². The lowest BCUT2D eigenvalue weighted by Crippen LogP contribution is -2.02. The monoisotopic (exact) mass is 298 g/mol. The molecule has 0 spiro atoms. The number of rotatable bonds is 2. The van der Waals surface area contributed by atoms with Gasteiger partial charge in [0.2, 0.25) is 0 Å². The summed E-state index contributed by atoms with van der Waals surface area (Å²) in [6, 6.07) is 7.35. The molecule has 2 aromatic rings. The molecular weight excluding hydrogens is 290 g/mol. The Morgan fingerprint density at radius 2 is 1.89 bits per heavy atom. The van der Waals surface area contributed by atoms with Crippen LogP contribution in [0.3, 0.4) is 0 Å². The summed E-state index contributed by atoms with van der Waals surface area (Å²) in [6.07, 6.45) is 0. The highest BCUT2D eigenvalue weighted by molar-refractivity contribution is 6.43. The maximum absolute atomic E-state index is 13.5. The molecule has 98 valence electrons. The van der Waals surface area contributed by atoms with Crippen LogP contribution in [-0.4, -0.2) is 11.1 Å². The molecule has 5 heteroatoms. The van der Waals surface area contributed by atoms with Gasteiger partial charge in [-0.3, -0.25) is 0 Å². The second-order valence-electron chi connectivity index (χ2n) is 4.05. The lowest BCUT2D eigenvalue weighted by molar-refractivity contribution is 0.0697. The molecule has 19 heavy (non-hydrogen) atoms. The van der Waals surface area contributed by atoms with E-state index in [0.717, 1.165) is 6.07 Å². The topological polar surface area (TPSA) is 37.3 Å². The zero-order chi connectivity index (χ0) is 14.2. The van der Waals surface area contributed by atoms with Crippen molar-refractivity contribution < 1.29 is 14.3 Å². The quantitative estimate of drug-likeness (QED) is 0.864. The molecule has 1 N–H and O–H groups in total. The molecule has 0 aliphatic heterocycles. The first-order chi connectivity index (χ1) is 8.91. The third kappa shape index (κ3) is 2.57. The zero-order valence-corrected chi connectivity index (χ0v) is 11.4. The van der Waals surface area contributed by atoms with Crippen LogP contribution in [-0.2, 0) is 0 Å². The molecular formula is C14H9Cl2FO2. The van der Waals surface area contributed by atoms with Gasteiger partial charge in [-0.2, -0.15) is 0 Å². The Hall–Kier alpha value is -1.58. The zero-order valence-electron chi connectivity index (χ0n) is 9.88. The maximum atomic E-state index is 13.5. The highest BCUT2D eigenvalue weighted by atomic mass is 35.5. The first-order valence-corrected chi connectivity index (χ1v) is 6.15. The Labute approximate surface area is 119 Å². The number of hydrogen-bond donors (Lipinski definition) is 1. The van der Waals surface area contributed by atoms with Gasteiger partial charge in [-0.05, 0) is 36.2 Å². The molecule has 2 rings (SSSR count). The molecule has 0 saturated heterocycles. The third-order valence-corrected chi connectivity index (χ3v) is 3.59. The first kappa shape index (κ1) is 13.8. The van der Waals surface area contributed by atoms with E-state index >= 15 is 0 Å². The van der Waals surface area contributed by atoms with Crippen molar-refractivity contribution >= 4 is 29.2 Å². The Balaban J connectivity index is 2.77. The molecule has 0 radical (unpaired) electrons. The van der Waals surface area contributed by atoms with Crippen molar-refractivity contribution in [1.82, 2.24) is 0 Å². The molecule has 0 aliphatic rings. The Bertz CT molecular complexity index is 669. The second-order valence-corrected chi connectivity index (χ2v) is 4.84. The van der Waals surface area contributed by atoms with Crippen molar-refractivity contribution in [3.63, 3.8) is 0 Å². The van der Waals surface area contributed by atoms with Crippen molar-refractivity contribution in [3.05, 3.63) is 57.3 Å². The SMILES string of the molecule is Cc1cc(-c2cccc(Cl)c2Cl)c(C(=O)O)cc1F. The van der Waals surface area contributed by atoms with Gasteiger partial charge in [0.05, 0.1) is 15.6 Å². The average molecular weight is 299 g/mol. The van der Waals surface area contributed by atoms with E-state index in [1.807, 2.05) is 0 Å². The van der Waals surface area contributed by atoms with Crippen molar-refractivity contribution in [1.29, 1.82) is 0 Å². The molecule has 0 aromatic heterocycles. The number of halogens is 3. The van der Waals surface area contributed by atoms with E-state index in [-0.39, 0.29) is 10.6 Å². The van der Waals surface area contributed by atoms with E-state index in [9.17, 15) is 9.18 Å². The highest BCUT2D eigenvalue weighted by Crippen LogP contribution is 2.36. The lowest BCUT2D eigenvalue weighted by atomic mass is 9.97. The van der Waals surface area contributed by atoms with Crippen molar-refractivity contribution in [3.8, 4) is 11.1 Å². The summed E-state index contributed by atoms with van der Waals surface area (Å²) in [7, 11) is 0. The molecule has 0 amide bonds. The van der Waals surface area contributed by atoms with Crippen LogP contribution in [0.2, 0.25) is 10.0 Å². The highest BCUT2D eigenvalue weighted by Gasteiger charge is 2.17. The summed E-state index contributed by atoms with van der Waals surface area (Å²) >= 11 is 12.0. The summed E-state index contributed by atoms with van der Waals surface area (Å²) in [5, 5.41) is 9.72. The summed E-state index contributed by atoms with van der Waals surface area (Å²) < 4.78 is 13.5. The Morgan fingerprint density at radius 3 is 2.53 bits per heavy atom. The minimum Gasteiger partial charge on any atom is -0.478 e. The van der Waals surface area contributed by atoms with Crippen LogP contribution in [0.4, 0.5) is 4.39 Å². The Kier molecular flexibility index (Phi) is 3.78. The largest absolute Gasteiger partial charge is 0.478 e. The second kappa shape index (κ2) is 5.19. The van der Waals surface area contributed by atoms with Gasteiger partial charge in [0.1, 0.15) is 5.82 Å². The standard InChI is InChI=1S/C14H9Cl2FO2/c1-7-5-9(10(14(18)19)6-12(7)17)8-3-2-4-11(15)13(8)16/h2-6H,1H3,(H,18,19). The minimum absolute atomic E-state index is 0.146. The van der Waals surface area contributed by atoms with Gasteiger partial charge in [-0.25, -0.2) is 9.18 Å². The van der Waals surface area contributed by atoms with Crippen molar-refractivity contribution in [2.75, 3.05) is 0 Å². The van der Waals surface area contributed by atoms with Crippen molar-refractivity contribution in [2.45, 2.75) is 6.92 Å². The van der Waals surface area contributed by atoms with Crippen molar-refractivity contribution in [2.24, 2.45) is 0 Å². The number of benzene rings is 2. The van der Waals surface area contributed by atoms with E-state index in [4.69, 9.17) is 28.3 Å². The van der Waals surface area contributed by atoms with E-state index in [2.05, 4.69) is 0 Å². The van der Waals surface area contributed by atoms with Crippen LogP contribution in [0.1, 0.15) is 15.9 Å². The molecule has 0 bridgehead atoms. The number of aromatic carboxylic acids is 1. The lowest BCUT2D eigenvalue weighted by Gasteiger charge is -2.11. The fourth-order valence-corrected chi connectivity index (χ4v) is 2.20. The number of carboxylic acids is 1. The average Bonchev–Trinajstić information content (AvgIpc) is 2.35.